The fourth-order valence-electron chi connectivity index (χ4n) is 2.79. The van der Waals surface area contributed by atoms with Crippen LogP contribution in [0.15, 0.2) is 54.6 Å². The Bertz CT molecular complexity index is 1250. The Morgan fingerprint density at radius 3 is 2.43 bits per heavy atom. The Morgan fingerprint density at radius 2 is 1.77 bits per heavy atom. The fraction of sp³-hybridized carbons (Fsp3) is 0.100. The number of fused-ring (bicyclic) bond motifs is 1. The van der Waals surface area contributed by atoms with Gasteiger partial charge >= 0.3 is 6.18 Å². The standard InChI is InChI=1S/C20H13F4N5O/c1-11-5-7-12(8-6-11)15-10-16(20(22,23)24)29-19(26-15)27-17(28-29)18(30)25-14-4-2-3-13(21)9-14/h2-10H,1H3,(H,25,30). The number of nitrogens with one attached hydrogen (secondary N) is 1. The highest BCUT2D eigenvalue weighted by molar-refractivity contribution is 6.01. The minimum absolute atomic E-state index is 0.0410. The fourth-order valence-corrected chi connectivity index (χ4v) is 2.79. The zero-order chi connectivity index (χ0) is 21.5. The number of carbonyl (C=O) groups is 1. The molecule has 0 aliphatic heterocycles. The summed E-state index contributed by atoms with van der Waals surface area (Å²) in [5.41, 5.74) is 0.430. The van der Waals surface area contributed by atoms with E-state index in [1.165, 1.54) is 18.2 Å². The van der Waals surface area contributed by atoms with Crippen LogP contribution >= 0.6 is 0 Å². The van der Waals surface area contributed by atoms with E-state index in [1.54, 1.807) is 24.3 Å². The quantitative estimate of drug-likeness (QED) is 0.500. The maximum absolute atomic E-state index is 13.6. The van der Waals surface area contributed by atoms with E-state index in [0.29, 0.717) is 10.1 Å². The molecule has 6 nitrogen and oxygen atoms in total. The first-order chi connectivity index (χ1) is 14.2. The summed E-state index contributed by atoms with van der Waals surface area (Å²) in [6, 6.07) is 12.7. The Morgan fingerprint density at radius 1 is 1.03 bits per heavy atom. The first-order valence-corrected chi connectivity index (χ1v) is 8.70. The van der Waals surface area contributed by atoms with Crippen LogP contribution in [0.3, 0.4) is 0 Å². The number of anilines is 1. The van der Waals surface area contributed by atoms with Gasteiger partial charge in [-0.25, -0.2) is 9.37 Å². The van der Waals surface area contributed by atoms with Gasteiger partial charge in [0.25, 0.3) is 11.7 Å². The van der Waals surface area contributed by atoms with Crippen LogP contribution in [0.4, 0.5) is 23.2 Å². The van der Waals surface area contributed by atoms with Crippen LogP contribution in [-0.2, 0) is 6.18 Å². The lowest BCUT2D eigenvalue weighted by molar-refractivity contribution is -0.142. The number of hydrogen-bond acceptors (Lipinski definition) is 4. The normalized spacial score (nSPS) is 11.6. The Labute approximate surface area is 167 Å². The van der Waals surface area contributed by atoms with Gasteiger partial charge in [0, 0.05) is 11.3 Å². The number of aryl methyl sites for hydroxylation is 1. The van der Waals surface area contributed by atoms with Crippen molar-refractivity contribution in [1.29, 1.82) is 0 Å². The van der Waals surface area contributed by atoms with Gasteiger partial charge in [0.15, 0.2) is 5.69 Å². The van der Waals surface area contributed by atoms with Crippen LogP contribution in [0.25, 0.3) is 17.0 Å². The number of rotatable bonds is 3. The molecule has 0 spiro atoms. The van der Waals surface area contributed by atoms with E-state index in [4.69, 9.17) is 0 Å². The number of carbonyl (C=O) groups excluding carboxylic acids is 1. The van der Waals surface area contributed by atoms with E-state index in [9.17, 15) is 22.4 Å². The molecule has 0 atom stereocenters. The van der Waals surface area contributed by atoms with Crippen molar-refractivity contribution in [2.45, 2.75) is 13.1 Å². The molecule has 0 saturated heterocycles. The summed E-state index contributed by atoms with van der Waals surface area (Å²) in [4.78, 5) is 20.3. The highest BCUT2D eigenvalue weighted by atomic mass is 19.4. The second-order valence-corrected chi connectivity index (χ2v) is 6.50. The molecule has 0 bridgehead atoms. The summed E-state index contributed by atoms with van der Waals surface area (Å²) < 4.78 is 54.6. The molecular formula is C20H13F4N5O. The zero-order valence-corrected chi connectivity index (χ0v) is 15.4. The first kappa shape index (κ1) is 19.5. The van der Waals surface area contributed by atoms with Gasteiger partial charge in [-0.3, -0.25) is 4.79 Å². The zero-order valence-electron chi connectivity index (χ0n) is 15.4. The van der Waals surface area contributed by atoms with Crippen LogP contribution in [0, 0.1) is 12.7 Å². The Kier molecular flexibility index (Phi) is 4.69. The summed E-state index contributed by atoms with van der Waals surface area (Å²) in [6.07, 6.45) is -4.76. The lowest BCUT2D eigenvalue weighted by Crippen LogP contribution is -2.16. The number of alkyl halides is 3. The number of aromatic nitrogens is 4. The second kappa shape index (κ2) is 7.21. The van der Waals surface area contributed by atoms with Crippen LogP contribution in [0.1, 0.15) is 21.9 Å². The average Bonchev–Trinajstić information content (AvgIpc) is 3.11. The molecule has 0 fully saturated rings. The van der Waals surface area contributed by atoms with E-state index in [-0.39, 0.29) is 17.2 Å². The van der Waals surface area contributed by atoms with E-state index in [1.807, 2.05) is 6.92 Å². The summed E-state index contributed by atoms with van der Waals surface area (Å²) in [6.45, 7) is 1.85. The third-order valence-electron chi connectivity index (χ3n) is 4.24. The summed E-state index contributed by atoms with van der Waals surface area (Å²) in [7, 11) is 0. The lowest BCUT2D eigenvalue weighted by Gasteiger charge is -2.10. The number of amides is 1. The molecule has 4 rings (SSSR count). The molecule has 2 heterocycles. The van der Waals surface area contributed by atoms with Gasteiger partial charge in [-0.15, -0.1) is 5.10 Å². The molecule has 0 radical (unpaired) electrons. The molecule has 0 aliphatic rings. The highest BCUT2D eigenvalue weighted by Crippen LogP contribution is 2.32. The van der Waals surface area contributed by atoms with Gasteiger partial charge < -0.3 is 5.32 Å². The van der Waals surface area contributed by atoms with Gasteiger partial charge in [0.1, 0.15) is 5.82 Å². The number of hydrogen-bond donors (Lipinski definition) is 1. The Balaban J connectivity index is 1.78. The van der Waals surface area contributed by atoms with E-state index < -0.39 is 29.4 Å². The Hall–Kier alpha value is -3.82. The third kappa shape index (κ3) is 3.84. The summed E-state index contributed by atoms with van der Waals surface area (Å²) >= 11 is 0. The molecule has 1 amide bonds. The van der Waals surface area contributed by atoms with Crippen molar-refractivity contribution in [1.82, 2.24) is 19.6 Å². The summed E-state index contributed by atoms with van der Waals surface area (Å²) in [5, 5.41) is 6.01. The molecular weight excluding hydrogens is 402 g/mol. The second-order valence-electron chi connectivity index (χ2n) is 6.50. The lowest BCUT2D eigenvalue weighted by atomic mass is 10.1. The van der Waals surface area contributed by atoms with Crippen molar-refractivity contribution in [2.24, 2.45) is 0 Å². The molecule has 10 heteroatoms. The van der Waals surface area contributed by atoms with Gasteiger partial charge in [-0.05, 0) is 31.2 Å². The third-order valence-corrected chi connectivity index (χ3v) is 4.24. The van der Waals surface area contributed by atoms with Crippen molar-refractivity contribution < 1.29 is 22.4 Å². The van der Waals surface area contributed by atoms with Crippen LogP contribution in [0.2, 0.25) is 0 Å². The molecule has 152 valence electrons. The highest BCUT2D eigenvalue weighted by Gasteiger charge is 2.36. The molecule has 4 aromatic rings. The number of benzene rings is 2. The average molecular weight is 415 g/mol. The van der Waals surface area contributed by atoms with Crippen molar-refractivity contribution in [3.05, 3.63) is 77.5 Å². The predicted molar refractivity (Wildman–Crippen MR) is 100 cm³/mol. The monoisotopic (exact) mass is 415 g/mol. The number of nitrogens with zero attached hydrogens (tertiary/aromatic N) is 4. The topological polar surface area (TPSA) is 72.2 Å². The molecule has 0 aliphatic carbocycles. The van der Waals surface area contributed by atoms with Gasteiger partial charge in [-0.1, -0.05) is 35.9 Å². The molecule has 2 aromatic heterocycles. The minimum Gasteiger partial charge on any atom is -0.319 e. The molecule has 0 unspecified atom stereocenters. The van der Waals surface area contributed by atoms with Gasteiger partial charge in [-0.2, -0.15) is 22.7 Å². The van der Waals surface area contributed by atoms with Crippen molar-refractivity contribution in [3.8, 4) is 11.3 Å². The maximum Gasteiger partial charge on any atom is 0.433 e. The van der Waals surface area contributed by atoms with Gasteiger partial charge in [0.2, 0.25) is 5.82 Å². The first-order valence-electron chi connectivity index (χ1n) is 8.70. The summed E-state index contributed by atoms with van der Waals surface area (Å²) in [5.74, 6) is -2.39. The van der Waals surface area contributed by atoms with Crippen LogP contribution < -0.4 is 5.32 Å². The maximum atomic E-state index is 13.6. The molecule has 30 heavy (non-hydrogen) atoms. The number of halogens is 4. The van der Waals surface area contributed by atoms with Gasteiger partial charge in [0.05, 0.1) is 5.69 Å². The van der Waals surface area contributed by atoms with E-state index in [2.05, 4.69) is 20.4 Å². The SMILES string of the molecule is Cc1ccc(-c2cc(C(F)(F)F)n3nc(C(=O)Nc4cccc(F)c4)nc3n2)cc1. The largest absolute Gasteiger partial charge is 0.433 e. The molecule has 2 aromatic carbocycles. The predicted octanol–water partition coefficient (Wildman–Crippen LogP) is 4.51. The van der Waals surface area contributed by atoms with Crippen molar-refractivity contribution >= 4 is 17.4 Å². The van der Waals surface area contributed by atoms with Crippen LogP contribution in [-0.4, -0.2) is 25.5 Å². The minimum atomic E-state index is -4.76. The molecule has 1 N–H and O–H groups in total. The van der Waals surface area contributed by atoms with Crippen LogP contribution in [0.5, 0.6) is 0 Å². The van der Waals surface area contributed by atoms with Crippen molar-refractivity contribution in [2.75, 3.05) is 5.32 Å². The van der Waals surface area contributed by atoms with E-state index in [0.717, 1.165) is 17.7 Å². The van der Waals surface area contributed by atoms with E-state index >= 15 is 0 Å². The molecule has 0 saturated carbocycles. The van der Waals surface area contributed by atoms with Crippen molar-refractivity contribution in [3.63, 3.8) is 0 Å². The smallest absolute Gasteiger partial charge is 0.319 e.